The van der Waals surface area contributed by atoms with Crippen molar-refractivity contribution in [3.8, 4) is 5.75 Å². The predicted molar refractivity (Wildman–Crippen MR) is 204 cm³/mol. The fourth-order valence-electron chi connectivity index (χ4n) is 6.32. The molecule has 0 saturated carbocycles. The van der Waals surface area contributed by atoms with Gasteiger partial charge in [0.05, 0.1) is 41.0 Å². The Bertz CT molecular complexity index is 1950. The van der Waals surface area contributed by atoms with Crippen LogP contribution in [0.5, 0.6) is 5.75 Å². The highest BCUT2D eigenvalue weighted by Gasteiger charge is 2.32. The minimum absolute atomic E-state index is 0.0723. The topological polar surface area (TPSA) is 138 Å². The van der Waals surface area contributed by atoms with Gasteiger partial charge >= 0.3 is 6.03 Å². The van der Waals surface area contributed by atoms with E-state index in [1.165, 1.54) is 11.4 Å². The second-order valence-electron chi connectivity index (χ2n) is 13.7. The van der Waals surface area contributed by atoms with Crippen LogP contribution in [0.15, 0.2) is 89.8 Å². The maximum Gasteiger partial charge on any atom is 0.323 e. The molecule has 0 bridgehead atoms. The highest BCUT2D eigenvalue weighted by Crippen LogP contribution is 2.30. The fraction of sp³-hybridized carbons (Fsp3) is 0.400. The van der Waals surface area contributed by atoms with Crippen molar-refractivity contribution in [2.45, 2.75) is 70.1 Å². The van der Waals surface area contributed by atoms with E-state index < -0.39 is 34.1 Å². The lowest BCUT2D eigenvalue weighted by molar-refractivity contribution is -0.00833. The molecule has 1 aliphatic rings. The van der Waals surface area contributed by atoms with Crippen LogP contribution in [0.25, 0.3) is 10.8 Å². The van der Waals surface area contributed by atoms with Crippen molar-refractivity contribution in [3.05, 3.63) is 96.1 Å². The van der Waals surface area contributed by atoms with Crippen LogP contribution < -0.4 is 15.4 Å². The van der Waals surface area contributed by atoms with Crippen LogP contribution in [-0.4, -0.2) is 86.3 Å². The molecule has 11 nitrogen and oxygen atoms in total. The monoisotopic (exact) mass is 730 g/mol. The lowest BCUT2D eigenvalue weighted by atomic mass is 10.0. The maximum absolute atomic E-state index is 14.5. The van der Waals surface area contributed by atoms with Crippen LogP contribution >= 0.6 is 0 Å². The Morgan fingerprint density at radius 3 is 2.48 bits per heavy atom. The molecule has 0 saturated heterocycles. The highest BCUT2D eigenvalue weighted by molar-refractivity contribution is 7.89. The van der Waals surface area contributed by atoms with Crippen LogP contribution in [-0.2, 0) is 14.8 Å². The number of benzene rings is 4. The number of rotatable bonds is 8. The number of likely N-dealkylation sites (N-methyl/N-ethyl adjacent to an activating group) is 1. The third kappa shape index (κ3) is 9.48. The number of urea groups is 1. The summed E-state index contributed by atoms with van der Waals surface area (Å²) in [6.45, 7) is 7.86. The number of hydrogen-bond donors (Lipinski definition) is 3. The third-order valence-electron chi connectivity index (χ3n) is 9.51. The summed E-state index contributed by atoms with van der Waals surface area (Å²) in [5.74, 6) is -0.355. The van der Waals surface area contributed by atoms with Gasteiger partial charge in [-0.2, -0.15) is 4.31 Å². The normalized spacial score (nSPS) is 19.7. The van der Waals surface area contributed by atoms with Crippen molar-refractivity contribution in [1.29, 1.82) is 0 Å². The number of anilines is 2. The average molecular weight is 731 g/mol. The SMILES string of the molecule is Cc1ccc(S(=O)(=O)N(C)C[C@H]2OCCCC[C@H](C)Oc3ccc(NC(=O)Nc4cccc5ccccc45)cc3C(=O)N([C@@H](C)CO)C[C@H]2C)cc1. The van der Waals surface area contributed by atoms with E-state index in [2.05, 4.69) is 10.6 Å². The number of hydrogen-bond acceptors (Lipinski definition) is 7. The molecule has 4 aromatic carbocycles. The number of nitrogens with zero attached hydrogens (tertiary/aromatic N) is 2. The first-order valence-electron chi connectivity index (χ1n) is 17.8. The Hall–Kier alpha value is -4.49. The molecule has 0 fully saturated rings. The first kappa shape index (κ1) is 38.7. The summed E-state index contributed by atoms with van der Waals surface area (Å²) in [6, 6.07) is 24.1. The molecule has 0 unspecified atom stereocenters. The van der Waals surface area contributed by atoms with Gasteiger partial charge in [-0.05, 0) is 81.8 Å². The molecule has 5 rings (SSSR count). The summed E-state index contributed by atoms with van der Waals surface area (Å²) in [5, 5.41) is 18.0. The summed E-state index contributed by atoms with van der Waals surface area (Å²) in [6.07, 6.45) is 1.46. The summed E-state index contributed by atoms with van der Waals surface area (Å²) >= 11 is 0. The van der Waals surface area contributed by atoms with Crippen molar-refractivity contribution in [3.63, 3.8) is 0 Å². The fourth-order valence-corrected chi connectivity index (χ4v) is 7.51. The van der Waals surface area contributed by atoms with Gasteiger partial charge in [0, 0.05) is 43.7 Å². The number of aryl methyl sites for hydroxylation is 1. The summed E-state index contributed by atoms with van der Waals surface area (Å²) < 4.78 is 41.0. The van der Waals surface area contributed by atoms with Crippen molar-refractivity contribution in [1.82, 2.24) is 9.21 Å². The quantitative estimate of drug-likeness (QED) is 0.179. The van der Waals surface area contributed by atoms with Crippen LogP contribution in [0.2, 0.25) is 0 Å². The summed E-state index contributed by atoms with van der Waals surface area (Å²) in [5.41, 5.74) is 2.22. The molecule has 0 radical (unpaired) electrons. The molecule has 4 aromatic rings. The Labute approximate surface area is 307 Å². The van der Waals surface area contributed by atoms with Crippen LogP contribution in [0.1, 0.15) is 56.0 Å². The molecule has 0 aromatic heterocycles. The summed E-state index contributed by atoms with van der Waals surface area (Å²) in [4.78, 5) is 29.5. The number of aliphatic hydroxyl groups excluding tert-OH is 1. The number of nitrogens with one attached hydrogen (secondary N) is 2. The van der Waals surface area contributed by atoms with Crippen LogP contribution in [0.4, 0.5) is 16.2 Å². The molecule has 12 heteroatoms. The van der Waals surface area contributed by atoms with E-state index in [4.69, 9.17) is 9.47 Å². The molecule has 1 aliphatic heterocycles. The van der Waals surface area contributed by atoms with E-state index >= 15 is 0 Å². The Kier molecular flexibility index (Phi) is 12.9. The average Bonchev–Trinajstić information content (AvgIpc) is 3.13. The molecule has 3 amide bonds. The van der Waals surface area contributed by atoms with E-state index in [0.29, 0.717) is 30.2 Å². The molecule has 0 spiro atoms. The number of ether oxygens (including phenoxy) is 2. The van der Waals surface area contributed by atoms with Crippen molar-refractivity contribution >= 4 is 44.1 Å². The number of aliphatic hydroxyl groups is 1. The van der Waals surface area contributed by atoms with E-state index in [0.717, 1.165) is 29.2 Å². The minimum Gasteiger partial charge on any atom is -0.490 e. The largest absolute Gasteiger partial charge is 0.490 e. The first-order chi connectivity index (χ1) is 24.9. The van der Waals surface area contributed by atoms with Gasteiger partial charge in [0.2, 0.25) is 10.0 Å². The van der Waals surface area contributed by atoms with Crippen LogP contribution in [0.3, 0.4) is 0 Å². The molecular weight excluding hydrogens is 681 g/mol. The predicted octanol–water partition coefficient (Wildman–Crippen LogP) is 6.91. The van der Waals surface area contributed by atoms with Gasteiger partial charge in [0.1, 0.15) is 5.75 Å². The zero-order valence-electron chi connectivity index (χ0n) is 30.5. The number of carbonyl (C=O) groups excluding carboxylic acids is 2. The van der Waals surface area contributed by atoms with E-state index in [1.807, 2.05) is 63.2 Å². The van der Waals surface area contributed by atoms with Crippen molar-refractivity contribution in [2.75, 3.05) is 44.0 Å². The van der Waals surface area contributed by atoms with E-state index in [9.17, 15) is 23.1 Å². The van der Waals surface area contributed by atoms with E-state index in [-0.39, 0.29) is 42.2 Å². The zero-order chi connectivity index (χ0) is 37.4. The van der Waals surface area contributed by atoms with E-state index in [1.54, 1.807) is 54.3 Å². The number of amides is 3. The van der Waals surface area contributed by atoms with Gasteiger partial charge in [0.15, 0.2) is 0 Å². The van der Waals surface area contributed by atoms with Gasteiger partial charge < -0.3 is 30.1 Å². The van der Waals surface area contributed by atoms with Crippen molar-refractivity contribution < 1.29 is 32.6 Å². The third-order valence-corrected chi connectivity index (χ3v) is 11.4. The molecule has 0 aliphatic carbocycles. The second kappa shape index (κ2) is 17.4. The van der Waals surface area contributed by atoms with Gasteiger partial charge in [-0.15, -0.1) is 0 Å². The summed E-state index contributed by atoms with van der Waals surface area (Å²) in [7, 11) is -2.26. The zero-order valence-corrected chi connectivity index (χ0v) is 31.4. The van der Waals surface area contributed by atoms with Gasteiger partial charge in [0.25, 0.3) is 5.91 Å². The number of fused-ring (bicyclic) bond motifs is 2. The molecule has 1 heterocycles. The second-order valence-corrected chi connectivity index (χ2v) is 15.8. The maximum atomic E-state index is 14.5. The smallest absolute Gasteiger partial charge is 0.323 e. The minimum atomic E-state index is -3.80. The first-order valence-corrected chi connectivity index (χ1v) is 19.2. The standard InChI is InChI=1S/C40H50N4O7S/c1-27-16-19-33(20-17-27)52(48,49)43(5)25-38-28(2)24-44(29(3)26-45)39(46)35-23-32(18-21-37(35)51-30(4)11-8-9-22-50-38)41-40(47)42-36-15-10-13-31-12-6-7-14-34(31)36/h6-7,10,12-21,23,28-30,38,45H,8-9,11,22,24-26H2,1-5H3,(H2,41,42,47)/t28-,29+,30+,38-/m1/s1. The Morgan fingerprint density at radius 2 is 1.73 bits per heavy atom. The molecule has 3 N–H and O–H groups in total. The molecule has 4 atom stereocenters. The lowest BCUT2D eigenvalue weighted by Gasteiger charge is -2.35. The Morgan fingerprint density at radius 1 is 1.00 bits per heavy atom. The van der Waals surface area contributed by atoms with Gasteiger partial charge in [-0.1, -0.05) is 61.0 Å². The molecular formula is C40H50N4O7S. The van der Waals surface area contributed by atoms with Crippen molar-refractivity contribution in [2.24, 2.45) is 5.92 Å². The molecule has 52 heavy (non-hydrogen) atoms. The molecule has 278 valence electrons. The van der Waals surface area contributed by atoms with Gasteiger partial charge in [-0.25, -0.2) is 13.2 Å². The number of sulfonamides is 1. The van der Waals surface area contributed by atoms with Crippen LogP contribution in [0, 0.1) is 12.8 Å². The lowest BCUT2D eigenvalue weighted by Crippen LogP contribution is -2.48. The highest BCUT2D eigenvalue weighted by atomic mass is 32.2. The van der Waals surface area contributed by atoms with Gasteiger partial charge in [-0.3, -0.25) is 4.79 Å². The number of carbonyl (C=O) groups is 2. The Balaban J connectivity index is 1.41.